The van der Waals surface area contributed by atoms with Gasteiger partial charge in [-0.3, -0.25) is 0 Å². The summed E-state index contributed by atoms with van der Waals surface area (Å²) in [5, 5.41) is 12.2. The van der Waals surface area contributed by atoms with Gasteiger partial charge in [0.15, 0.2) is 5.01 Å². The van der Waals surface area contributed by atoms with Crippen LogP contribution in [0.25, 0.3) is 0 Å². The van der Waals surface area contributed by atoms with Crippen LogP contribution in [0.4, 0.5) is 9.52 Å². The number of ether oxygens (including phenoxy) is 1. The summed E-state index contributed by atoms with van der Waals surface area (Å²) >= 11 is 7.03. The molecule has 0 aliphatic rings. The minimum atomic E-state index is -0.465. The summed E-state index contributed by atoms with van der Waals surface area (Å²) < 4.78 is 18.3. The maximum absolute atomic E-state index is 12.9. The van der Waals surface area contributed by atoms with Crippen LogP contribution in [-0.4, -0.2) is 17.2 Å². The van der Waals surface area contributed by atoms with Gasteiger partial charge in [0, 0.05) is 13.1 Å². The zero-order chi connectivity index (χ0) is 12.3. The first-order chi connectivity index (χ1) is 8.19. The van der Waals surface area contributed by atoms with Gasteiger partial charge in [0.05, 0.1) is 5.02 Å². The zero-order valence-corrected chi connectivity index (χ0v) is 10.5. The molecule has 0 saturated carbocycles. The molecule has 0 unspecified atom stereocenters. The first-order valence-corrected chi connectivity index (χ1v) is 5.96. The maximum Gasteiger partial charge on any atom is 0.205 e. The maximum atomic E-state index is 12.9. The highest BCUT2D eigenvalue weighted by atomic mass is 35.5. The summed E-state index contributed by atoms with van der Waals surface area (Å²) in [4.78, 5) is 0. The molecular formula is C10H9ClFN3OS. The van der Waals surface area contributed by atoms with Crippen LogP contribution >= 0.6 is 22.9 Å². The molecule has 90 valence electrons. The van der Waals surface area contributed by atoms with E-state index in [1.807, 2.05) is 0 Å². The molecule has 1 heterocycles. The minimum Gasteiger partial charge on any atom is -0.486 e. The van der Waals surface area contributed by atoms with E-state index in [2.05, 4.69) is 15.5 Å². The highest BCUT2D eigenvalue weighted by Crippen LogP contribution is 2.22. The molecule has 1 aromatic carbocycles. The molecule has 0 radical (unpaired) electrons. The fraction of sp³-hybridized carbons (Fsp3) is 0.200. The summed E-state index contributed by atoms with van der Waals surface area (Å²) in [7, 11) is 1.77. The van der Waals surface area contributed by atoms with Gasteiger partial charge in [0.2, 0.25) is 5.13 Å². The molecule has 0 saturated heterocycles. The van der Waals surface area contributed by atoms with Crippen LogP contribution < -0.4 is 10.1 Å². The Morgan fingerprint density at radius 3 is 2.94 bits per heavy atom. The van der Waals surface area contributed by atoms with Crippen molar-refractivity contribution in [3.63, 3.8) is 0 Å². The predicted molar refractivity (Wildman–Crippen MR) is 65.2 cm³/mol. The number of halogens is 2. The second kappa shape index (κ2) is 5.29. The summed E-state index contributed by atoms with van der Waals surface area (Å²) in [6, 6.07) is 4.20. The number of rotatable bonds is 4. The molecule has 0 spiro atoms. The molecule has 1 aromatic heterocycles. The summed E-state index contributed by atoms with van der Waals surface area (Å²) in [6.45, 7) is 0.279. The monoisotopic (exact) mass is 273 g/mol. The lowest BCUT2D eigenvalue weighted by Crippen LogP contribution is -1.95. The first-order valence-electron chi connectivity index (χ1n) is 4.77. The van der Waals surface area contributed by atoms with E-state index in [-0.39, 0.29) is 11.6 Å². The lowest BCUT2D eigenvalue weighted by atomic mass is 10.3. The molecule has 2 rings (SSSR count). The van der Waals surface area contributed by atoms with E-state index in [0.29, 0.717) is 5.75 Å². The Bertz CT molecular complexity index is 520. The number of nitrogens with zero attached hydrogens (tertiary/aromatic N) is 2. The topological polar surface area (TPSA) is 47.0 Å². The van der Waals surface area contributed by atoms with E-state index >= 15 is 0 Å². The van der Waals surface area contributed by atoms with Crippen molar-refractivity contribution in [1.29, 1.82) is 0 Å². The molecular weight excluding hydrogens is 265 g/mol. The standard InChI is InChI=1S/C10H9ClFN3OS/c1-13-10-15-14-9(17-10)5-16-6-2-3-8(12)7(11)4-6/h2-4H,5H2,1H3,(H,13,15). The third-order valence-corrected chi connectivity index (χ3v) is 3.14. The third-order valence-electron chi connectivity index (χ3n) is 1.93. The van der Waals surface area contributed by atoms with Crippen molar-refractivity contribution in [3.05, 3.63) is 34.0 Å². The fourth-order valence-corrected chi connectivity index (χ4v) is 1.90. The van der Waals surface area contributed by atoms with Crippen molar-refractivity contribution in [2.24, 2.45) is 0 Å². The van der Waals surface area contributed by atoms with Crippen molar-refractivity contribution < 1.29 is 9.13 Å². The van der Waals surface area contributed by atoms with Crippen molar-refractivity contribution >= 4 is 28.1 Å². The molecule has 1 N–H and O–H groups in total. The van der Waals surface area contributed by atoms with Gasteiger partial charge in [0.25, 0.3) is 0 Å². The Labute approximate surface area is 106 Å². The van der Waals surface area contributed by atoms with E-state index in [4.69, 9.17) is 16.3 Å². The van der Waals surface area contributed by atoms with Gasteiger partial charge >= 0.3 is 0 Å². The Morgan fingerprint density at radius 1 is 1.47 bits per heavy atom. The summed E-state index contributed by atoms with van der Waals surface area (Å²) in [5.41, 5.74) is 0. The molecule has 0 fully saturated rings. The van der Waals surface area contributed by atoms with Crippen molar-refractivity contribution in [2.45, 2.75) is 6.61 Å². The van der Waals surface area contributed by atoms with Crippen molar-refractivity contribution in [1.82, 2.24) is 10.2 Å². The van der Waals surface area contributed by atoms with Gasteiger partial charge in [-0.1, -0.05) is 22.9 Å². The SMILES string of the molecule is CNc1nnc(COc2ccc(F)c(Cl)c2)s1. The van der Waals surface area contributed by atoms with Gasteiger partial charge in [-0.05, 0) is 12.1 Å². The van der Waals surface area contributed by atoms with Gasteiger partial charge in [-0.25, -0.2) is 4.39 Å². The van der Waals surface area contributed by atoms with Gasteiger partial charge in [-0.15, -0.1) is 10.2 Å². The molecule has 0 bridgehead atoms. The molecule has 0 aliphatic heterocycles. The van der Waals surface area contributed by atoms with Crippen LogP contribution in [0.2, 0.25) is 5.02 Å². The van der Waals surface area contributed by atoms with E-state index in [0.717, 1.165) is 10.1 Å². The second-order valence-corrected chi connectivity index (χ2v) is 4.58. The quantitative estimate of drug-likeness (QED) is 0.930. The van der Waals surface area contributed by atoms with Gasteiger partial charge < -0.3 is 10.1 Å². The highest BCUT2D eigenvalue weighted by Gasteiger charge is 2.05. The fourth-order valence-electron chi connectivity index (χ4n) is 1.12. The number of hydrogen-bond donors (Lipinski definition) is 1. The normalized spacial score (nSPS) is 10.3. The predicted octanol–water partition coefficient (Wildman–Crippen LogP) is 2.95. The average Bonchev–Trinajstić information content (AvgIpc) is 2.79. The second-order valence-electron chi connectivity index (χ2n) is 3.12. The number of nitrogens with one attached hydrogen (secondary N) is 1. The van der Waals surface area contributed by atoms with Crippen LogP contribution in [0.15, 0.2) is 18.2 Å². The van der Waals surface area contributed by atoms with Crippen molar-refractivity contribution in [3.8, 4) is 5.75 Å². The number of aromatic nitrogens is 2. The minimum absolute atomic E-state index is 0.0377. The Morgan fingerprint density at radius 2 is 2.29 bits per heavy atom. The third kappa shape index (κ3) is 3.04. The largest absolute Gasteiger partial charge is 0.486 e. The van der Waals surface area contributed by atoms with Crippen LogP contribution in [0.1, 0.15) is 5.01 Å². The number of anilines is 1. The highest BCUT2D eigenvalue weighted by molar-refractivity contribution is 7.15. The van der Waals surface area contributed by atoms with Crippen LogP contribution in [0.3, 0.4) is 0 Å². The zero-order valence-electron chi connectivity index (χ0n) is 8.91. The average molecular weight is 274 g/mol. The lowest BCUT2D eigenvalue weighted by Gasteiger charge is -2.03. The van der Waals surface area contributed by atoms with Crippen LogP contribution in [0.5, 0.6) is 5.75 Å². The molecule has 2 aromatic rings. The molecule has 7 heteroatoms. The van der Waals surface area contributed by atoms with Crippen molar-refractivity contribution in [2.75, 3.05) is 12.4 Å². The number of benzene rings is 1. The Balaban J connectivity index is 1.99. The molecule has 17 heavy (non-hydrogen) atoms. The van der Waals surface area contributed by atoms with Gasteiger partial charge in [0.1, 0.15) is 18.2 Å². The van der Waals surface area contributed by atoms with E-state index < -0.39 is 5.82 Å². The first kappa shape index (κ1) is 12.1. The molecule has 0 aliphatic carbocycles. The van der Waals surface area contributed by atoms with E-state index in [9.17, 15) is 4.39 Å². The van der Waals surface area contributed by atoms with Crippen LogP contribution in [0, 0.1) is 5.82 Å². The Kier molecular flexibility index (Phi) is 3.75. The molecule has 4 nitrogen and oxygen atoms in total. The van der Waals surface area contributed by atoms with Gasteiger partial charge in [-0.2, -0.15) is 0 Å². The molecule has 0 atom stereocenters. The van der Waals surface area contributed by atoms with E-state index in [1.165, 1.54) is 29.5 Å². The Hall–Kier alpha value is -1.40. The number of hydrogen-bond acceptors (Lipinski definition) is 5. The lowest BCUT2D eigenvalue weighted by molar-refractivity contribution is 0.304. The molecule has 0 amide bonds. The van der Waals surface area contributed by atoms with E-state index in [1.54, 1.807) is 7.05 Å². The summed E-state index contributed by atoms with van der Waals surface area (Å²) in [5.74, 6) is 0.0324. The smallest absolute Gasteiger partial charge is 0.205 e. The summed E-state index contributed by atoms with van der Waals surface area (Å²) in [6.07, 6.45) is 0. The van der Waals surface area contributed by atoms with Crippen LogP contribution in [-0.2, 0) is 6.61 Å².